The summed E-state index contributed by atoms with van der Waals surface area (Å²) in [4.78, 5) is 11.9. The number of carbonyl (C=O) groups excluding carboxylic acids is 1. The Kier molecular flexibility index (Phi) is 2.82. The summed E-state index contributed by atoms with van der Waals surface area (Å²) in [7, 11) is 0. The number of halogens is 1. The lowest BCUT2D eigenvalue weighted by molar-refractivity contribution is 0.0946. The van der Waals surface area contributed by atoms with Gasteiger partial charge in [-0.15, -0.1) is 0 Å². The quantitative estimate of drug-likeness (QED) is 0.886. The van der Waals surface area contributed by atoms with Gasteiger partial charge in [-0.2, -0.15) is 0 Å². The van der Waals surface area contributed by atoms with E-state index in [-0.39, 0.29) is 11.3 Å². The minimum absolute atomic E-state index is 0.0243. The molecule has 0 heterocycles. The lowest BCUT2D eigenvalue weighted by atomic mass is 10.1. The smallest absolute Gasteiger partial charge is 0.251 e. The molecule has 1 N–H and O–H groups in total. The van der Waals surface area contributed by atoms with E-state index in [0.717, 1.165) is 22.0 Å². The van der Waals surface area contributed by atoms with Crippen LogP contribution in [-0.2, 0) is 0 Å². The van der Waals surface area contributed by atoms with Crippen LogP contribution in [0.5, 0.6) is 0 Å². The molecule has 16 heavy (non-hydrogen) atoms. The Bertz CT molecular complexity index is 440. The molecule has 1 aromatic carbocycles. The zero-order chi connectivity index (χ0) is 11.9. The van der Waals surface area contributed by atoms with E-state index in [1.165, 1.54) is 0 Å². The molecule has 0 radical (unpaired) electrons. The van der Waals surface area contributed by atoms with E-state index < -0.39 is 0 Å². The van der Waals surface area contributed by atoms with Crippen LogP contribution in [-0.4, -0.2) is 11.9 Å². The highest BCUT2D eigenvalue weighted by Crippen LogP contribution is 2.44. The van der Waals surface area contributed by atoms with Crippen LogP contribution in [0.2, 0.25) is 0 Å². The van der Waals surface area contributed by atoms with Gasteiger partial charge in [-0.05, 0) is 36.5 Å². The molecule has 1 saturated carbocycles. The van der Waals surface area contributed by atoms with Crippen molar-refractivity contribution in [1.82, 2.24) is 5.32 Å². The molecule has 3 heteroatoms. The van der Waals surface area contributed by atoms with Crippen molar-refractivity contribution in [2.45, 2.75) is 33.2 Å². The van der Waals surface area contributed by atoms with Gasteiger partial charge in [0.15, 0.2) is 0 Å². The van der Waals surface area contributed by atoms with E-state index in [4.69, 9.17) is 0 Å². The van der Waals surface area contributed by atoms with Crippen molar-refractivity contribution in [3.63, 3.8) is 0 Å². The lowest BCUT2D eigenvalue weighted by Crippen LogP contribution is -2.28. The first-order valence-electron chi connectivity index (χ1n) is 5.47. The van der Waals surface area contributed by atoms with Crippen LogP contribution in [0.4, 0.5) is 0 Å². The molecule has 1 fully saturated rings. The van der Waals surface area contributed by atoms with Gasteiger partial charge >= 0.3 is 0 Å². The van der Waals surface area contributed by atoms with Gasteiger partial charge in [-0.3, -0.25) is 4.79 Å². The van der Waals surface area contributed by atoms with E-state index in [0.29, 0.717) is 6.04 Å². The third-order valence-electron chi connectivity index (χ3n) is 3.25. The van der Waals surface area contributed by atoms with E-state index in [2.05, 4.69) is 35.1 Å². The fraction of sp³-hybridized carbons (Fsp3) is 0.462. The third-order valence-corrected chi connectivity index (χ3v) is 4.11. The molecule has 1 unspecified atom stereocenters. The number of aryl methyl sites for hydroxylation is 1. The lowest BCUT2D eigenvalue weighted by Gasteiger charge is -2.08. The second-order valence-electron chi connectivity index (χ2n) is 5.18. The zero-order valence-corrected chi connectivity index (χ0v) is 11.4. The van der Waals surface area contributed by atoms with Gasteiger partial charge in [-0.1, -0.05) is 35.8 Å². The molecule has 2 rings (SSSR count). The molecule has 0 bridgehead atoms. The maximum Gasteiger partial charge on any atom is 0.251 e. The summed E-state index contributed by atoms with van der Waals surface area (Å²) >= 11 is 3.44. The highest BCUT2D eigenvalue weighted by atomic mass is 79.9. The largest absolute Gasteiger partial charge is 0.349 e. The minimum Gasteiger partial charge on any atom is -0.349 e. The SMILES string of the molecule is Cc1ccc(C(=O)NC2CC2(C)C)cc1Br. The molecule has 2 nitrogen and oxygen atoms in total. The van der Waals surface area contributed by atoms with Gasteiger partial charge in [0, 0.05) is 16.1 Å². The van der Waals surface area contributed by atoms with Crippen molar-refractivity contribution in [2.75, 3.05) is 0 Å². The van der Waals surface area contributed by atoms with E-state index >= 15 is 0 Å². The average Bonchev–Trinajstić information content (AvgIpc) is 2.78. The average molecular weight is 282 g/mol. The summed E-state index contributed by atoms with van der Waals surface area (Å²) in [6, 6.07) is 6.03. The molecule has 1 atom stereocenters. The molecule has 0 spiro atoms. The van der Waals surface area contributed by atoms with Crippen LogP contribution in [0, 0.1) is 12.3 Å². The highest BCUT2D eigenvalue weighted by Gasteiger charge is 2.46. The first-order valence-corrected chi connectivity index (χ1v) is 6.26. The molecule has 1 aliphatic rings. The molecule has 0 aliphatic heterocycles. The minimum atomic E-state index is 0.0243. The number of hydrogen-bond acceptors (Lipinski definition) is 1. The number of rotatable bonds is 2. The maximum absolute atomic E-state index is 11.9. The topological polar surface area (TPSA) is 29.1 Å². The van der Waals surface area contributed by atoms with Gasteiger partial charge in [0.05, 0.1) is 0 Å². The Morgan fingerprint density at radius 1 is 1.50 bits per heavy atom. The summed E-state index contributed by atoms with van der Waals surface area (Å²) in [5, 5.41) is 3.05. The van der Waals surface area contributed by atoms with Gasteiger partial charge in [-0.25, -0.2) is 0 Å². The third kappa shape index (κ3) is 2.29. The van der Waals surface area contributed by atoms with Crippen LogP contribution in [0.1, 0.15) is 36.2 Å². The van der Waals surface area contributed by atoms with Crippen molar-refractivity contribution < 1.29 is 4.79 Å². The van der Waals surface area contributed by atoms with Gasteiger partial charge in [0.1, 0.15) is 0 Å². The summed E-state index contributed by atoms with van der Waals surface area (Å²) in [6.45, 7) is 6.35. The standard InChI is InChI=1S/C13H16BrNO/c1-8-4-5-9(6-10(8)14)12(16)15-11-7-13(11,2)3/h4-6,11H,7H2,1-3H3,(H,15,16). The Labute approximate surface area is 105 Å². The Morgan fingerprint density at radius 2 is 2.12 bits per heavy atom. The summed E-state index contributed by atoms with van der Waals surface area (Å²) in [5.74, 6) is 0.0243. The first kappa shape index (κ1) is 11.6. The van der Waals surface area contributed by atoms with Crippen molar-refractivity contribution >= 4 is 21.8 Å². The van der Waals surface area contributed by atoms with E-state index in [1.807, 2.05) is 25.1 Å². The first-order chi connectivity index (χ1) is 7.40. The number of carbonyl (C=O) groups is 1. The summed E-state index contributed by atoms with van der Waals surface area (Å²) in [6.07, 6.45) is 1.08. The van der Waals surface area contributed by atoms with Crippen LogP contribution < -0.4 is 5.32 Å². The predicted molar refractivity (Wildman–Crippen MR) is 68.5 cm³/mol. The monoisotopic (exact) mass is 281 g/mol. The molecule has 1 amide bonds. The van der Waals surface area contributed by atoms with Crippen molar-refractivity contribution in [3.8, 4) is 0 Å². The number of benzene rings is 1. The number of amides is 1. The Balaban J connectivity index is 2.07. The molecule has 0 saturated heterocycles. The zero-order valence-electron chi connectivity index (χ0n) is 9.80. The molecule has 1 aliphatic carbocycles. The van der Waals surface area contributed by atoms with Crippen LogP contribution >= 0.6 is 15.9 Å². The van der Waals surface area contributed by atoms with Gasteiger partial charge < -0.3 is 5.32 Å². The molecular weight excluding hydrogens is 266 g/mol. The van der Waals surface area contributed by atoms with Crippen molar-refractivity contribution in [1.29, 1.82) is 0 Å². The molecule has 0 aromatic heterocycles. The molecule has 1 aromatic rings. The van der Waals surface area contributed by atoms with E-state index in [9.17, 15) is 4.79 Å². The molecule has 86 valence electrons. The van der Waals surface area contributed by atoms with Crippen LogP contribution in [0.15, 0.2) is 22.7 Å². The van der Waals surface area contributed by atoms with Crippen LogP contribution in [0.25, 0.3) is 0 Å². The summed E-state index contributed by atoms with van der Waals surface area (Å²) in [5.41, 5.74) is 2.14. The van der Waals surface area contributed by atoms with E-state index in [1.54, 1.807) is 0 Å². The van der Waals surface area contributed by atoms with Gasteiger partial charge in [0.25, 0.3) is 5.91 Å². The fourth-order valence-corrected chi connectivity index (χ4v) is 2.07. The Hall–Kier alpha value is -0.830. The van der Waals surface area contributed by atoms with Gasteiger partial charge in [0.2, 0.25) is 0 Å². The molecular formula is C13H16BrNO. The second-order valence-corrected chi connectivity index (χ2v) is 6.04. The Morgan fingerprint density at radius 3 is 2.62 bits per heavy atom. The fourth-order valence-electron chi connectivity index (χ4n) is 1.69. The number of nitrogens with one attached hydrogen (secondary N) is 1. The predicted octanol–water partition coefficient (Wildman–Crippen LogP) is 3.29. The van der Waals surface area contributed by atoms with Crippen molar-refractivity contribution in [3.05, 3.63) is 33.8 Å². The van der Waals surface area contributed by atoms with Crippen molar-refractivity contribution in [2.24, 2.45) is 5.41 Å². The van der Waals surface area contributed by atoms with Crippen LogP contribution in [0.3, 0.4) is 0 Å². The number of hydrogen-bond donors (Lipinski definition) is 1. The normalized spacial score (nSPS) is 21.6. The maximum atomic E-state index is 11.9. The summed E-state index contributed by atoms with van der Waals surface area (Å²) < 4.78 is 0.982. The highest BCUT2D eigenvalue weighted by molar-refractivity contribution is 9.10. The second kappa shape index (κ2) is 3.88.